The maximum Gasteiger partial charge on any atom is 4.00 e. The van der Waals surface area contributed by atoms with Gasteiger partial charge in [-0.25, -0.2) is 0 Å². The molecule has 0 aromatic carbocycles. The second kappa shape index (κ2) is 31.5. The van der Waals surface area contributed by atoms with Crippen LogP contribution in [0.5, 0.6) is 0 Å². The van der Waals surface area contributed by atoms with Crippen LogP contribution in [0, 0.1) is 6.08 Å². The second-order valence-electron chi connectivity index (χ2n) is 5.70. The standard InChI is InChI=1S/C7H11Ge.3C4H10N.Zr/c1-8(2)7-5-3-4-6-7;3*1-2-3-4-5;/h3,5,8H,4H2,1-2H3;3*5H,2-4H2,1H3;/q4*-1;+4. The second-order valence-corrected chi connectivity index (χ2v) is 11.9. The number of nitrogens with one attached hydrogen (secondary N) is 3. The molecule has 1 aliphatic carbocycles. The van der Waals surface area contributed by atoms with Gasteiger partial charge in [-0.3, -0.25) is 0 Å². The largest absolute Gasteiger partial charge is 4.00 e. The molecule has 0 saturated carbocycles. The molecular weight excluding hydrogens is 434 g/mol. The van der Waals surface area contributed by atoms with Crippen LogP contribution in [-0.2, 0) is 26.2 Å². The normalized spacial score (nSPS) is 11.1. The SMILES string of the molecule is CCCC[NH-].CCCC[NH-].CCCC[NH-].[CH3][GeH]([CH3])[C]1=[C-]CC=C1.[Zr+4]. The van der Waals surface area contributed by atoms with E-state index in [9.17, 15) is 0 Å². The van der Waals surface area contributed by atoms with Crippen molar-refractivity contribution in [3.8, 4) is 0 Å². The Morgan fingerprint density at radius 3 is 1.33 bits per heavy atom. The van der Waals surface area contributed by atoms with Gasteiger partial charge in [-0.2, -0.15) is 19.6 Å². The van der Waals surface area contributed by atoms with Crippen molar-refractivity contribution in [1.82, 2.24) is 0 Å². The van der Waals surface area contributed by atoms with E-state index >= 15 is 0 Å². The summed E-state index contributed by atoms with van der Waals surface area (Å²) in [7, 11) is 0. The summed E-state index contributed by atoms with van der Waals surface area (Å²) >= 11 is -0.912. The van der Waals surface area contributed by atoms with Crippen LogP contribution in [0.1, 0.15) is 65.7 Å². The first-order chi connectivity index (χ1) is 11.0. The van der Waals surface area contributed by atoms with Crippen molar-refractivity contribution in [1.29, 1.82) is 0 Å². The van der Waals surface area contributed by atoms with E-state index in [1.165, 1.54) is 0 Å². The van der Waals surface area contributed by atoms with Gasteiger partial charge in [0.05, 0.1) is 0 Å². The zero-order valence-corrected chi connectivity index (χ0v) is 21.7. The van der Waals surface area contributed by atoms with Gasteiger partial charge in [0.25, 0.3) is 0 Å². The van der Waals surface area contributed by atoms with E-state index in [0.29, 0.717) is 19.6 Å². The third kappa shape index (κ3) is 34.2. The molecule has 0 aromatic heterocycles. The first-order valence-corrected chi connectivity index (χ1v) is 15.3. The maximum absolute atomic E-state index is 6.60. The predicted octanol–water partition coefficient (Wildman–Crippen LogP) is 7.22. The van der Waals surface area contributed by atoms with Gasteiger partial charge in [-0.15, -0.1) is 0 Å². The Morgan fingerprint density at radius 2 is 1.25 bits per heavy atom. The van der Waals surface area contributed by atoms with E-state index < -0.39 is 14.3 Å². The summed E-state index contributed by atoms with van der Waals surface area (Å²) in [5.41, 5.74) is 19.8. The minimum Gasteiger partial charge on any atom is 4.00 e. The van der Waals surface area contributed by atoms with E-state index in [1.807, 2.05) is 0 Å². The van der Waals surface area contributed by atoms with Crippen LogP contribution in [0.2, 0.25) is 11.5 Å². The molecule has 0 aliphatic heterocycles. The van der Waals surface area contributed by atoms with Crippen LogP contribution in [0.4, 0.5) is 0 Å². The zero-order valence-electron chi connectivity index (χ0n) is 16.8. The molecule has 0 aromatic rings. The topological polar surface area (TPSA) is 71.4 Å². The summed E-state index contributed by atoms with van der Waals surface area (Å²) in [6.45, 7) is 8.06. The van der Waals surface area contributed by atoms with Crippen LogP contribution < -0.4 is 0 Å². The average molecular weight is 475 g/mol. The Bertz CT molecular complexity index is 237. The third-order valence-electron chi connectivity index (χ3n) is 2.93. The molecule has 1 rings (SSSR count). The summed E-state index contributed by atoms with van der Waals surface area (Å²) < 4.78 is 1.55. The number of allylic oxidation sites excluding steroid dienone is 4. The first-order valence-electron chi connectivity index (χ1n) is 9.26. The molecule has 0 saturated heterocycles. The van der Waals surface area contributed by atoms with Crippen molar-refractivity contribution in [2.75, 3.05) is 19.6 Å². The van der Waals surface area contributed by atoms with Gasteiger partial charge in [0, 0.05) is 0 Å². The van der Waals surface area contributed by atoms with Crippen LogP contribution in [0.15, 0.2) is 16.6 Å². The smallest absolute Gasteiger partial charge is 4.00 e. The van der Waals surface area contributed by atoms with E-state index in [2.05, 4.69) is 50.5 Å². The molecule has 3 nitrogen and oxygen atoms in total. The van der Waals surface area contributed by atoms with Gasteiger partial charge >= 0.3 is 81.1 Å². The molecule has 5 heteroatoms. The van der Waals surface area contributed by atoms with E-state index in [0.717, 1.165) is 44.9 Å². The number of hydrogen-bond acceptors (Lipinski definition) is 0. The fraction of sp³-hybridized carbons (Fsp3) is 0.789. The summed E-state index contributed by atoms with van der Waals surface area (Å²) in [5, 5.41) is 0. The Hall–Kier alpha value is 0.786. The summed E-state index contributed by atoms with van der Waals surface area (Å²) in [6.07, 6.45) is 15.5. The Balaban J connectivity index is -0.000000113. The quantitative estimate of drug-likeness (QED) is 0.276. The molecule has 0 bridgehead atoms. The summed E-state index contributed by atoms with van der Waals surface area (Å²) in [4.78, 5) is 0. The summed E-state index contributed by atoms with van der Waals surface area (Å²) in [5.74, 6) is 4.76. The number of rotatable bonds is 7. The fourth-order valence-corrected chi connectivity index (χ4v) is 3.55. The van der Waals surface area contributed by atoms with Gasteiger partial charge in [0.2, 0.25) is 0 Å². The number of unbranched alkanes of at least 4 members (excludes halogenated alkanes) is 3. The van der Waals surface area contributed by atoms with E-state index in [-0.39, 0.29) is 26.2 Å². The minimum atomic E-state index is -0.912. The zero-order chi connectivity index (χ0) is 18.3. The average Bonchev–Trinajstić information content (AvgIpc) is 3.06. The molecule has 24 heavy (non-hydrogen) atoms. The third-order valence-corrected chi connectivity index (χ3v) is 6.38. The van der Waals surface area contributed by atoms with Crippen molar-refractivity contribution in [3.05, 3.63) is 39.8 Å². The van der Waals surface area contributed by atoms with Gasteiger partial charge in [-0.05, 0) is 0 Å². The number of hydrogen-bond donors (Lipinski definition) is 0. The molecule has 0 radical (unpaired) electrons. The molecule has 0 heterocycles. The van der Waals surface area contributed by atoms with Gasteiger partial charge in [0.1, 0.15) is 0 Å². The first kappa shape index (κ1) is 32.5. The minimum absolute atomic E-state index is 0. The molecule has 140 valence electrons. The van der Waals surface area contributed by atoms with Crippen molar-refractivity contribution >= 4 is 14.3 Å². The Morgan fingerprint density at radius 1 is 0.875 bits per heavy atom. The maximum atomic E-state index is 6.60. The molecule has 0 atom stereocenters. The predicted molar refractivity (Wildman–Crippen MR) is 112 cm³/mol. The molecule has 0 fully saturated rings. The van der Waals surface area contributed by atoms with Crippen LogP contribution in [0.3, 0.4) is 0 Å². The molecule has 3 N–H and O–H groups in total. The van der Waals surface area contributed by atoms with Crippen molar-refractivity contribution in [2.45, 2.75) is 77.2 Å². The van der Waals surface area contributed by atoms with E-state index in [1.54, 1.807) is 4.41 Å². The van der Waals surface area contributed by atoms with Gasteiger partial charge in [-0.1, -0.05) is 59.3 Å². The molecule has 1 aliphatic rings. The monoisotopic (exact) mass is 475 g/mol. The summed E-state index contributed by atoms with van der Waals surface area (Å²) in [6, 6.07) is 0. The van der Waals surface area contributed by atoms with Crippen LogP contribution >= 0.6 is 0 Å². The fourth-order valence-electron chi connectivity index (χ4n) is 1.35. The molecule has 0 unspecified atom stereocenters. The van der Waals surface area contributed by atoms with Crippen LogP contribution in [-0.4, -0.2) is 34.0 Å². The Kier molecular flexibility index (Phi) is 42.7. The van der Waals surface area contributed by atoms with Gasteiger partial charge < -0.3 is 17.2 Å². The van der Waals surface area contributed by atoms with E-state index in [4.69, 9.17) is 17.2 Å². The molecular formula is C19H41GeN3Zr. The molecule has 0 amide bonds. The van der Waals surface area contributed by atoms with Crippen LogP contribution in [0.25, 0.3) is 17.2 Å². The van der Waals surface area contributed by atoms with Gasteiger partial charge in [0.15, 0.2) is 0 Å². The molecule has 0 spiro atoms. The van der Waals surface area contributed by atoms with Crippen molar-refractivity contribution in [2.24, 2.45) is 0 Å². The van der Waals surface area contributed by atoms with Crippen molar-refractivity contribution in [3.63, 3.8) is 0 Å². The van der Waals surface area contributed by atoms with Crippen molar-refractivity contribution < 1.29 is 26.2 Å². The Labute approximate surface area is 176 Å².